The van der Waals surface area contributed by atoms with E-state index in [1.54, 1.807) is 0 Å². The van der Waals surface area contributed by atoms with Crippen molar-refractivity contribution >= 4 is 27.5 Å². The third kappa shape index (κ3) is 3.57. The standard InChI is InChI=1S/C20H13F3N4O2S/c1-11-15(12-5-3-2-4-6-12)16-18(30-11)25-10-27(19(16)29)26-17(28)13-7-8-14(24-9-13)20(21,22)23/h2-10H,1H3,(H,26,28). The van der Waals surface area contributed by atoms with Crippen molar-refractivity contribution in [1.29, 1.82) is 0 Å². The first-order valence-corrected chi connectivity index (χ1v) is 9.48. The quantitative estimate of drug-likeness (QED) is 0.528. The molecule has 3 aromatic heterocycles. The smallest absolute Gasteiger partial charge is 0.267 e. The van der Waals surface area contributed by atoms with Gasteiger partial charge in [0.1, 0.15) is 16.9 Å². The van der Waals surface area contributed by atoms with Crippen LogP contribution in [0.5, 0.6) is 0 Å². The summed E-state index contributed by atoms with van der Waals surface area (Å²) < 4.78 is 38.8. The van der Waals surface area contributed by atoms with Gasteiger partial charge in [0.15, 0.2) is 0 Å². The van der Waals surface area contributed by atoms with Crippen LogP contribution in [0.3, 0.4) is 0 Å². The van der Waals surface area contributed by atoms with E-state index in [2.05, 4.69) is 15.4 Å². The fraction of sp³-hybridized carbons (Fsp3) is 0.100. The van der Waals surface area contributed by atoms with Crippen molar-refractivity contribution in [3.8, 4) is 11.1 Å². The van der Waals surface area contributed by atoms with E-state index in [1.807, 2.05) is 37.3 Å². The maximum atomic E-state index is 13.0. The number of pyridine rings is 1. The third-order valence-electron chi connectivity index (χ3n) is 4.39. The second kappa shape index (κ2) is 7.38. The zero-order valence-corrected chi connectivity index (χ0v) is 16.2. The molecule has 4 aromatic rings. The first kappa shape index (κ1) is 19.8. The number of rotatable bonds is 3. The number of alkyl halides is 3. The lowest BCUT2D eigenvalue weighted by molar-refractivity contribution is -0.141. The van der Waals surface area contributed by atoms with Crippen LogP contribution in [0, 0.1) is 6.92 Å². The summed E-state index contributed by atoms with van der Waals surface area (Å²) in [7, 11) is 0. The van der Waals surface area contributed by atoms with E-state index in [0.717, 1.165) is 32.9 Å². The van der Waals surface area contributed by atoms with Crippen LogP contribution in [0.4, 0.5) is 13.2 Å². The lowest BCUT2D eigenvalue weighted by Crippen LogP contribution is -2.33. The molecule has 0 unspecified atom stereocenters. The number of fused-ring (bicyclic) bond motifs is 1. The van der Waals surface area contributed by atoms with Crippen LogP contribution >= 0.6 is 11.3 Å². The molecule has 0 spiro atoms. The first-order valence-electron chi connectivity index (χ1n) is 8.66. The minimum atomic E-state index is -4.61. The van der Waals surface area contributed by atoms with Crippen molar-refractivity contribution in [2.75, 3.05) is 5.43 Å². The molecule has 0 radical (unpaired) electrons. The van der Waals surface area contributed by atoms with E-state index in [1.165, 1.54) is 17.7 Å². The van der Waals surface area contributed by atoms with Crippen LogP contribution < -0.4 is 11.0 Å². The van der Waals surface area contributed by atoms with E-state index in [0.29, 0.717) is 16.3 Å². The summed E-state index contributed by atoms with van der Waals surface area (Å²) in [6.45, 7) is 1.88. The van der Waals surface area contributed by atoms with E-state index in [9.17, 15) is 22.8 Å². The molecule has 30 heavy (non-hydrogen) atoms. The Kier molecular flexibility index (Phi) is 4.86. The minimum absolute atomic E-state index is 0.125. The summed E-state index contributed by atoms with van der Waals surface area (Å²) in [5, 5.41) is 0.358. The molecule has 0 aliphatic carbocycles. The number of hydrogen-bond acceptors (Lipinski definition) is 5. The molecule has 0 aliphatic heterocycles. The van der Waals surface area contributed by atoms with Crippen LogP contribution in [0.1, 0.15) is 20.9 Å². The van der Waals surface area contributed by atoms with Gasteiger partial charge in [0.25, 0.3) is 11.5 Å². The molecule has 0 atom stereocenters. The average Bonchev–Trinajstić information content (AvgIpc) is 3.07. The summed E-state index contributed by atoms with van der Waals surface area (Å²) in [6.07, 6.45) is -2.63. The SMILES string of the molecule is Cc1sc2ncn(NC(=O)c3ccc(C(F)(F)F)nc3)c(=O)c2c1-c1ccccc1. The lowest BCUT2D eigenvalue weighted by atomic mass is 10.0. The predicted octanol–water partition coefficient (Wildman–Crippen LogP) is 4.23. The van der Waals surface area contributed by atoms with Crippen molar-refractivity contribution in [3.05, 3.63) is 81.5 Å². The number of nitrogens with one attached hydrogen (secondary N) is 1. The van der Waals surface area contributed by atoms with Gasteiger partial charge in [-0.05, 0) is 24.6 Å². The normalized spacial score (nSPS) is 11.6. The Labute approximate surface area is 171 Å². The summed E-state index contributed by atoms with van der Waals surface area (Å²) in [6, 6.07) is 11.0. The van der Waals surface area contributed by atoms with Gasteiger partial charge in [-0.25, -0.2) is 9.66 Å². The number of aryl methyl sites for hydroxylation is 1. The number of hydrogen-bond donors (Lipinski definition) is 1. The summed E-state index contributed by atoms with van der Waals surface area (Å²) >= 11 is 1.36. The number of thiophene rings is 1. The Bertz CT molecular complexity index is 1300. The monoisotopic (exact) mass is 430 g/mol. The predicted molar refractivity (Wildman–Crippen MR) is 107 cm³/mol. The van der Waals surface area contributed by atoms with E-state index < -0.39 is 23.3 Å². The van der Waals surface area contributed by atoms with Gasteiger partial charge in [-0.2, -0.15) is 13.2 Å². The van der Waals surface area contributed by atoms with Crippen LogP contribution in [0.2, 0.25) is 0 Å². The van der Waals surface area contributed by atoms with Gasteiger partial charge in [0.05, 0.1) is 10.9 Å². The van der Waals surface area contributed by atoms with Crippen molar-refractivity contribution in [1.82, 2.24) is 14.6 Å². The molecule has 0 bridgehead atoms. The first-order chi connectivity index (χ1) is 14.3. The molecule has 1 N–H and O–H groups in total. The lowest BCUT2D eigenvalue weighted by Gasteiger charge is -2.09. The number of nitrogens with zero attached hydrogens (tertiary/aromatic N) is 3. The molecule has 1 aromatic carbocycles. The molecule has 4 rings (SSSR count). The van der Waals surface area contributed by atoms with Gasteiger partial charge in [0.2, 0.25) is 0 Å². The number of benzene rings is 1. The number of amides is 1. The molecule has 152 valence electrons. The molecular formula is C20H13F3N4O2S. The fourth-order valence-electron chi connectivity index (χ4n) is 3.00. The molecule has 0 fully saturated rings. The highest BCUT2D eigenvalue weighted by molar-refractivity contribution is 7.19. The molecule has 0 saturated heterocycles. The molecule has 10 heteroatoms. The molecule has 1 amide bonds. The molecule has 0 saturated carbocycles. The average molecular weight is 430 g/mol. The Morgan fingerprint density at radius 2 is 1.83 bits per heavy atom. The molecule has 0 aliphatic rings. The summed E-state index contributed by atoms with van der Waals surface area (Å²) in [4.78, 5) is 34.4. The molecule has 3 heterocycles. The maximum absolute atomic E-state index is 13.0. The van der Waals surface area contributed by atoms with Crippen molar-refractivity contribution in [3.63, 3.8) is 0 Å². The number of halogens is 3. The van der Waals surface area contributed by atoms with Crippen LogP contribution in [-0.2, 0) is 6.18 Å². The topological polar surface area (TPSA) is 76.9 Å². The maximum Gasteiger partial charge on any atom is 0.433 e. The van der Waals surface area contributed by atoms with E-state index >= 15 is 0 Å². The highest BCUT2D eigenvalue weighted by Crippen LogP contribution is 2.35. The van der Waals surface area contributed by atoms with Crippen molar-refractivity contribution < 1.29 is 18.0 Å². The van der Waals surface area contributed by atoms with Gasteiger partial charge in [0, 0.05) is 16.6 Å². The molecular weight excluding hydrogens is 417 g/mol. The Morgan fingerprint density at radius 1 is 1.10 bits per heavy atom. The summed E-state index contributed by atoms with van der Waals surface area (Å²) in [5.74, 6) is -0.785. The van der Waals surface area contributed by atoms with Crippen LogP contribution in [0.15, 0.2) is 59.8 Å². The fourth-order valence-corrected chi connectivity index (χ4v) is 4.01. The second-order valence-electron chi connectivity index (χ2n) is 6.37. The zero-order chi connectivity index (χ0) is 21.5. The minimum Gasteiger partial charge on any atom is -0.267 e. The summed E-state index contributed by atoms with van der Waals surface area (Å²) in [5.41, 5.74) is 2.20. The van der Waals surface area contributed by atoms with Gasteiger partial charge in [-0.3, -0.25) is 20.0 Å². The number of aromatic nitrogens is 3. The van der Waals surface area contributed by atoms with E-state index in [-0.39, 0.29) is 5.56 Å². The van der Waals surface area contributed by atoms with Gasteiger partial charge >= 0.3 is 6.18 Å². The zero-order valence-electron chi connectivity index (χ0n) is 15.4. The second-order valence-corrected chi connectivity index (χ2v) is 7.57. The van der Waals surface area contributed by atoms with Gasteiger partial charge < -0.3 is 0 Å². The Morgan fingerprint density at radius 3 is 2.47 bits per heavy atom. The van der Waals surface area contributed by atoms with Gasteiger partial charge in [-0.15, -0.1) is 11.3 Å². The van der Waals surface area contributed by atoms with Crippen LogP contribution in [0.25, 0.3) is 21.3 Å². The Hall–Kier alpha value is -3.53. The largest absolute Gasteiger partial charge is 0.433 e. The Balaban J connectivity index is 1.71. The van der Waals surface area contributed by atoms with Gasteiger partial charge in [-0.1, -0.05) is 30.3 Å². The number of carbonyl (C=O) groups is 1. The van der Waals surface area contributed by atoms with Crippen molar-refractivity contribution in [2.24, 2.45) is 0 Å². The highest BCUT2D eigenvalue weighted by atomic mass is 32.1. The molecule has 6 nitrogen and oxygen atoms in total. The third-order valence-corrected chi connectivity index (χ3v) is 5.40. The number of carbonyl (C=O) groups excluding carboxylic acids is 1. The van der Waals surface area contributed by atoms with Crippen molar-refractivity contribution in [2.45, 2.75) is 13.1 Å². The highest BCUT2D eigenvalue weighted by Gasteiger charge is 2.32. The van der Waals surface area contributed by atoms with E-state index in [4.69, 9.17) is 0 Å². The van der Waals surface area contributed by atoms with Crippen LogP contribution in [-0.4, -0.2) is 20.6 Å².